The van der Waals surface area contributed by atoms with Gasteiger partial charge in [-0.2, -0.15) is 4.72 Å². The first-order valence-electron chi connectivity index (χ1n) is 8.29. The smallest absolute Gasteiger partial charge is 0.329 e. The number of unbranched alkanes of at least 4 members (excludes halogenated alkanes) is 2. The van der Waals surface area contributed by atoms with Crippen LogP contribution in [-0.4, -0.2) is 31.8 Å². The van der Waals surface area contributed by atoms with E-state index in [2.05, 4.69) is 16.6 Å². The molecule has 0 aliphatic rings. The SMILES string of the molecule is CCCCS(=O)(=O)NC(C)(C(=O)O)c1ccc(C#CCCCN)cc1. The molecular formula is C18H26N2O4S. The van der Waals surface area contributed by atoms with Gasteiger partial charge in [0.1, 0.15) is 0 Å². The lowest BCUT2D eigenvalue weighted by Gasteiger charge is -2.26. The third kappa shape index (κ3) is 6.50. The average molecular weight is 366 g/mol. The summed E-state index contributed by atoms with van der Waals surface area (Å²) in [5.74, 6) is 4.60. The summed E-state index contributed by atoms with van der Waals surface area (Å²) in [4.78, 5) is 11.7. The third-order valence-electron chi connectivity index (χ3n) is 3.75. The van der Waals surface area contributed by atoms with E-state index in [0.717, 1.165) is 12.0 Å². The van der Waals surface area contributed by atoms with Crippen molar-refractivity contribution in [3.63, 3.8) is 0 Å². The van der Waals surface area contributed by atoms with Crippen molar-refractivity contribution in [3.8, 4) is 11.8 Å². The van der Waals surface area contributed by atoms with Crippen LogP contribution in [0.2, 0.25) is 0 Å². The van der Waals surface area contributed by atoms with Gasteiger partial charge >= 0.3 is 5.97 Å². The number of aliphatic carboxylic acids is 1. The molecule has 1 unspecified atom stereocenters. The minimum atomic E-state index is -3.70. The summed E-state index contributed by atoms with van der Waals surface area (Å²) in [6.45, 7) is 3.81. The number of rotatable bonds is 9. The first kappa shape index (κ1) is 21.2. The average Bonchev–Trinajstić information content (AvgIpc) is 2.57. The monoisotopic (exact) mass is 366 g/mol. The van der Waals surface area contributed by atoms with Crippen LogP contribution >= 0.6 is 0 Å². The quantitative estimate of drug-likeness (QED) is 0.456. The Balaban J connectivity index is 3.02. The topological polar surface area (TPSA) is 109 Å². The lowest BCUT2D eigenvalue weighted by atomic mass is 9.92. The number of carbonyl (C=O) groups is 1. The standard InChI is InChI=1S/C18H26N2O4S/c1-3-4-14-25(23,24)20-18(2,17(21)22)16-11-9-15(10-12-16)8-6-5-7-13-19/h9-12,20H,3-5,7,13-14,19H2,1-2H3,(H,21,22). The Morgan fingerprint density at radius 1 is 1.28 bits per heavy atom. The zero-order valence-electron chi connectivity index (χ0n) is 14.7. The van der Waals surface area contributed by atoms with E-state index in [1.807, 2.05) is 6.92 Å². The molecule has 1 rings (SSSR count). The number of hydrogen-bond acceptors (Lipinski definition) is 4. The molecule has 1 atom stereocenters. The van der Waals surface area contributed by atoms with Gasteiger partial charge in [0.2, 0.25) is 10.0 Å². The van der Waals surface area contributed by atoms with Gasteiger partial charge in [0.15, 0.2) is 5.54 Å². The van der Waals surface area contributed by atoms with Gasteiger partial charge in [0.05, 0.1) is 5.75 Å². The van der Waals surface area contributed by atoms with Gasteiger partial charge in [-0.1, -0.05) is 37.3 Å². The fourth-order valence-electron chi connectivity index (χ4n) is 2.16. The molecule has 0 aromatic heterocycles. The minimum absolute atomic E-state index is 0.100. The number of carboxylic acids is 1. The molecule has 7 heteroatoms. The van der Waals surface area contributed by atoms with E-state index in [0.29, 0.717) is 31.4 Å². The van der Waals surface area contributed by atoms with Crippen LogP contribution in [-0.2, 0) is 20.4 Å². The predicted octanol–water partition coefficient (Wildman–Crippen LogP) is 1.80. The fourth-order valence-corrected chi connectivity index (χ4v) is 3.76. The highest BCUT2D eigenvalue weighted by atomic mass is 32.2. The molecular weight excluding hydrogens is 340 g/mol. The van der Waals surface area contributed by atoms with Gasteiger partial charge in [-0.05, 0) is 44.0 Å². The molecule has 4 N–H and O–H groups in total. The third-order valence-corrected chi connectivity index (χ3v) is 5.30. The van der Waals surface area contributed by atoms with E-state index < -0.39 is 21.5 Å². The van der Waals surface area contributed by atoms with Gasteiger partial charge in [-0.15, -0.1) is 0 Å². The molecule has 0 saturated carbocycles. The van der Waals surface area contributed by atoms with E-state index in [4.69, 9.17) is 5.73 Å². The van der Waals surface area contributed by atoms with E-state index in [1.165, 1.54) is 6.92 Å². The maximum absolute atomic E-state index is 12.1. The highest BCUT2D eigenvalue weighted by Gasteiger charge is 2.38. The molecule has 25 heavy (non-hydrogen) atoms. The summed E-state index contributed by atoms with van der Waals surface area (Å²) in [5, 5.41) is 9.58. The maximum Gasteiger partial charge on any atom is 0.329 e. The Hall–Kier alpha value is -1.88. The van der Waals surface area contributed by atoms with Gasteiger partial charge in [-0.25, -0.2) is 13.2 Å². The molecule has 0 saturated heterocycles. The van der Waals surface area contributed by atoms with E-state index >= 15 is 0 Å². The summed E-state index contributed by atoms with van der Waals surface area (Å²) >= 11 is 0. The molecule has 0 bridgehead atoms. The molecule has 0 aliphatic heterocycles. The van der Waals surface area contributed by atoms with Gasteiger partial charge in [0, 0.05) is 12.0 Å². The van der Waals surface area contributed by atoms with Crippen molar-refractivity contribution in [2.24, 2.45) is 5.73 Å². The number of nitrogens with two attached hydrogens (primary N) is 1. The Morgan fingerprint density at radius 3 is 2.44 bits per heavy atom. The zero-order valence-corrected chi connectivity index (χ0v) is 15.5. The molecule has 138 valence electrons. The van der Waals surface area contributed by atoms with Crippen LogP contribution in [0.25, 0.3) is 0 Å². The maximum atomic E-state index is 12.1. The van der Waals surface area contributed by atoms with Crippen LogP contribution in [0.4, 0.5) is 0 Å². The highest BCUT2D eigenvalue weighted by Crippen LogP contribution is 2.23. The predicted molar refractivity (Wildman–Crippen MR) is 98.4 cm³/mol. The zero-order chi connectivity index (χ0) is 18.9. The molecule has 6 nitrogen and oxygen atoms in total. The molecule has 1 aromatic rings. The normalized spacial score (nSPS) is 13.6. The van der Waals surface area contributed by atoms with E-state index in [1.54, 1.807) is 24.3 Å². The van der Waals surface area contributed by atoms with Crippen molar-refractivity contribution in [2.45, 2.75) is 45.1 Å². The van der Waals surface area contributed by atoms with Crippen molar-refractivity contribution in [1.29, 1.82) is 0 Å². The summed E-state index contributed by atoms with van der Waals surface area (Å²) in [5.41, 5.74) is 4.77. The molecule has 0 radical (unpaired) electrons. The summed E-state index contributed by atoms with van der Waals surface area (Å²) in [6.07, 6.45) is 2.70. The van der Waals surface area contributed by atoms with Gasteiger partial charge in [-0.3, -0.25) is 0 Å². The summed E-state index contributed by atoms with van der Waals surface area (Å²) < 4.78 is 26.6. The number of sulfonamides is 1. The van der Waals surface area contributed by atoms with E-state index in [9.17, 15) is 18.3 Å². The van der Waals surface area contributed by atoms with Crippen LogP contribution in [0.3, 0.4) is 0 Å². The van der Waals surface area contributed by atoms with Crippen molar-refractivity contribution >= 4 is 16.0 Å². The second-order valence-electron chi connectivity index (χ2n) is 5.98. The Labute approximate surface area is 149 Å². The molecule has 0 fully saturated rings. The second kappa shape index (κ2) is 9.56. The van der Waals surface area contributed by atoms with Crippen LogP contribution in [0.5, 0.6) is 0 Å². The number of hydrogen-bond donors (Lipinski definition) is 3. The summed E-state index contributed by atoms with van der Waals surface area (Å²) in [6, 6.07) is 6.55. The van der Waals surface area contributed by atoms with Crippen LogP contribution < -0.4 is 10.5 Å². The first-order valence-corrected chi connectivity index (χ1v) is 9.95. The van der Waals surface area contributed by atoms with Crippen LogP contribution in [0.15, 0.2) is 24.3 Å². The number of benzene rings is 1. The molecule has 0 aliphatic carbocycles. The van der Waals surface area contributed by atoms with Crippen molar-refractivity contribution < 1.29 is 18.3 Å². The second-order valence-corrected chi connectivity index (χ2v) is 7.82. The largest absolute Gasteiger partial charge is 0.480 e. The minimum Gasteiger partial charge on any atom is -0.480 e. The Bertz CT molecular complexity index is 733. The lowest BCUT2D eigenvalue weighted by molar-refractivity contribution is -0.143. The molecule has 1 aromatic carbocycles. The van der Waals surface area contributed by atoms with Crippen molar-refractivity contribution in [1.82, 2.24) is 4.72 Å². The van der Waals surface area contributed by atoms with Crippen molar-refractivity contribution in [2.75, 3.05) is 12.3 Å². The Kier molecular flexibility index (Phi) is 8.10. The summed E-state index contributed by atoms with van der Waals surface area (Å²) in [7, 11) is -3.70. The van der Waals surface area contributed by atoms with Crippen LogP contribution in [0.1, 0.15) is 50.7 Å². The molecule has 0 spiro atoms. The highest BCUT2D eigenvalue weighted by molar-refractivity contribution is 7.89. The molecule has 0 heterocycles. The van der Waals surface area contributed by atoms with Crippen LogP contribution in [0, 0.1) is 11.8 Å². The number of carboxylic acid groups (broad SMARTS) is 1. The number of nitrogens with one attached hydrogen (secondary N) is 1. The first-order chi connectivity index (χ1) is 11.7. The van der Waals surface area contributed by atoms with E-state index in [-0.39, 0.29) is 5.75 Å². The van der Waals surface area contributed by atoms with Gasteiger partial charge < -0.3 is 10.8 Å². The Morgan fingerprint density at radius 2 is 1.92 bits per heavy atom. The van der Waals surface area contributed by atoms with Gasteiger partial charge in [0.25, 0.3) is 0 Å². The van der Waals surface area contributed by atoms with Crippen molar-refractivity contribution in [3.05, 3.63) is 35.4 Å². The molecule has 0 amide bonds. The fraction of sp³-hybridized carbons (Fsp3) is 0.500. The lowest BCUT2D eigenvalue weighted by Crippen LogP contribution is -2.50.